The van der Waals surface area contributed by atoms with E-state index in [0.29, 0.717) is 12.0 Å². The molecule has 0 aromatic rings. The minimum atomic E-state index is 0.617. The molecule has 2 rings (SSSR count). The highest BCUT2D eigenvalue weighted by molar-refractivity contribution is 5.17. The quantitative estimate of drug-likeness (QED) is 0.646. The zero-order valence-electron chi connectivity index (χ0n) is 9.43. The lowest BCUT2D eigenvalue weighted by Gasteiger charge is -2.44. The molecule has 0 radical (unpaired) electrons. The molecule has 1 unspecified atom stereocenters. The van der Waals surface area contributed by atoms with E-state index >= 15 is 0 Å². The summed E-state index contributed by atoms with van der Waals surface area (Å²) in [5.41, 5.74) is 2.89. The Morgan fingerprint density at radius 3 is 2.86 bits per heavy atom. The molecule has 1 fully saturated rings. The van der Waals surface area contributed by atoms with Gasteiger partial charge in [-0.1, -0.05) is 13.8 Å². The molecule has 3 heteroatoms. The van der Waals surface area contributed by atoms with Crippen molar-refractivity contribution in [1.82, 2.24) is 15.5 Å². The normalized spacial score (nSPS) is 27.7. The Kier molecular flexibility index (Phi) is 2.68. The molecule has 2 aliphatic rings. The van der Waals surface area contributed by atoms with E-state index in [4.69, 9.17) is 0 Å². The lowest BCUT2D eigenvalue weighted by atomic mass is 10.0. The molecule has 2 heterocycles. The zero-order chi connectivity index (χ0) is 10.1. The van der Waals surface area contributed by atoms with Crippen LogP contribution in [0.25, 0.3) is 0 Å². The van der Waals surface area contributed by atoms with Gasteiger partial charge in [-0.3, -0.25) is 0 Å². The van der Waals surface area contributed by atoms with Crippen LogP contribution in [-0.4, -0.2) is 37.1 Å². The molecule has 1 atom stereocenters. The molecule has 0 amide bonds. The van der Waals surface area contributed by atoms with Crippen LogP contribution in [0.2, 0.25) is 0 Å². The van der Waals surface area contributed by atoms with Gasteiger partial charge in [0.05, 0.1) is 6.04 Å². The SMILES string of the molecule is CC1=C(C(C)C)NCC2CNCCN12. The summed E-state index contributed by atoms with van der Waals surface area (Å²) in [4.78, 5) is 2.56. The van der Waals surface area contributed by atoms with Gasteiger partial charge < -0.3 is 15.5 Å². The molecule has 2 aliphatic heterocycles. The summed E-state index contributed by atoms with van der Waals surface area (Å²) in [7, 11) is 0. The van der Waals surface area contributed by atoms with Crippen LogP contribution < -0.4 is 10.6 Å². The largest absolute Gasteiger partial charge is 0.385 e. The van der Waals surface area contributed by atoms with Crippen molar-refractivity contribution in [3.05, 3.63) is 11.4 Å². The van der Waals surface area contributed by atoms with Crippen molar-refractivity contribution >= 4 is 0 Å². The number of allylic oxidation sites excluding steroid dienone is 2. The lowest BCUT2D eigenvalue weighted by Crippen LogP contribution is -2.57. The van der Waals surface area contributed by atoms with E-state index in [1.54, 1.807) is 0 Å². The van der Waals surface area contributed by atoms with Crippen LogP contribution in [0.4, 0.5) is 0 Å². The van der Waals surface area contributed by atoms with Gasteiger partial charge in [-0.25, -0.2) is 0 Å². The summed E-state index contributed by atoms with van der Waals surface area (Å²) < 4.78 is 0. The summed E-state index contributed by atoms with van der Waals surface area (Å²) in [6.07, 6.45) is 0. The highest BCUT2D eigenvalue weighted by atomic mass is 15.3. The van der Waals surface area contributed by atoms with E-state index < -0.39 is 0 Å². The Morgan fingerprint density at radius 2 is 2.14 bits per heavy atom. The molecule has 1 saturated heterocycles. The standard InChI is InChI=1S/C11H21N3/c1-8(2)11-9(3)14-5-4-12-6-10(14)7-13-11/h8,10,12-13H,4-7H2,1-3H3. The molecular weight excluding hydrogens is 174 g/mol. The van der Waals surface area contributed by atoms with Crippen molar-refractivity contribution in [2.24, 2.45) is 5.92 Å². The average molecular weight is 195 g/mol. The monoisotopic (exact) mass is 195 g/mol. The van der Waals surface area contributed by atoms with Gasteiger partial charge in [0.25, 0.3) is 0 Å². The third kappa shape index (κ3) is 1.61. The van der Waals surface area contributed by atoms with Crippen LogP contribution in [0.5, 0.6) is 0 Å². The summed E-state index contributed by atoms with van der Waals surface area (Å²) in [5, 5.41) is 7.01. The molecule has 0 saturated carbocycles. The second-order valence-corrected chi connectivity index (χ2v) is 4.59. The van der Waals surface area contributed by atoms with Crippen molar-refractivity contribution in [3.63, 3.8) is 0 Å². The van der Waals surface area contributed by atoms with Crippen molar-refractivity contribution in [2.75, 3.05) is 26.2 Å². The number of rotatable bonds is 1. The Bertz CT molecular complexity index is 245. The van der Waals surface area contributed by atoms with Crippen molar-refractivity contribution in [2.45, 2.75) is 26.8 Å². The molecule has 0 aromatic heterocycles. The zero-order valence-corrected chi connectivity index (χ0v) is 9.43. The first kappa shape index (κ1) is 9.84. The Hall–Kier alpha value is -0.700. The van der Waals surface area contributed by atoms with Crippen molar-refractivity contribution in [3.8, 4) is 0 Å². The van der Waals surface area contributed by atoms with Gasteiger partial charge in [0.1, 0.15) is 0 Å². The molecule has 2 N–H and O–H groups in total. The highest BCUT2D eigenvalue weighted by Crippen LogP contribution is 2.22. The van der Waals surface area contributed by atoms with E-state index in [9.17, 15) is 0 Å². The topological polar surface area (TPSA) is 27.3 Å². The Balaban J connectivity index is 2.20. The first-order valence-corrected chi connectivity index (χ1v) is 5.62. The third-order valence-electron chi connectivity index (χ3n) is 3.28. The van der Waals surface area contributed by atoms with Gasteiger partial charge in [-0.2, -0.15) is 0 Å². The number of hydrogen-bond donors (Lipinski definition) is 2. The molecule has 3 nitrogen and oxygen atoms in total. The average Bonchev–Trinajstić information content (AvgIpc) is 2.18. The maximum Gasteiger partial charge on any atom is 0.0584 e. The first-order valence-electron chi connectivity index (χ1n) is 5.62. The van der Waals surface area contributed by atoms with Crippen molar-refractivity contribution < 1.29 is 0 Å². The van der Waals surface area contributed by atoms with Gasteiger partial charge in [0.15, 0.2) is 0 Å². The summed E-state index contributed by atoms with van der Waals surface area (Å²) in [6, 6.07) is 0.659. The predicted octanol–water partition coefficient (Wildman–Crippen LogP) is 0.751. The molecule has 0 bridgehead atoms. The number of nitrogens with one attached hydrogen (secondary N) is 2. The van der Waals surface area contributed by atoms with Gasteiger partial charge in [-0.05, 0) is 12.8 Å². The number of nitrogens with zero attached hydrogens (tertiary/aromatic N) is 1. The fourth-order valence-electron chi connectivity index (χ4n) is 2.52. The smallest absolute Gasteiger partial charge is 0.0584 e. The molecule has 80 valence electrons. The highest BCUT2D eigenvalue weighted by Gasteiger charge is 2.28. The summed E-state index contributed by atoms with van der Waals surface area (Å²) in [5.74, 6) is 0.617. The van der Waals surface area contributed by atoms with Gasteiger partial charge in [-0.15, -0.1) is 0 Å². The molecule has 0 aromatic carbocycles. The lowest BCUT2D eigenvalue weighted by molar-refractivity contribution is 0.184. The summed E-state index contributed by atoms with van der Waals surface area (Å²) in [6.45, 7) is 11.3. The maximum absolute atomic E-state index is 3.57. The van der Waals surface area contributed by atoms with Gasteiger partial charge in [0.2, 0.25) is 0 Å². The first-order chi connectivity index (χ1) is 6.70. The van der Waals surface area contributed by atoms with E-state index in [-0.39, 0.29) is 0 Å². The van der Waals surface area contributed by atoms with Crippen LogP contribution in [0.15, 0.2) is 11.4 Å². The van der Waals surface area contributed by atoms with E-state index in [1.807, 2.05) is 0 Å². The molecule has 0 spiro atoms. The third-order valence-corrected chi connectivity index (χ3v) is 3.28. The van der Waals surface area contributed by atoms with Gasteiger partial charge >= 0.3 is 0 Å². The number of piperazine rings is 1. The minimum Gasteiger partial charge on any atom is -0.385 e. The van der Waals surface area contributed by atoms with Crippen LogP contribution >= 0.6 is 0 Å². The maximum atomic E-state index is 3.57. The van der Waals surface area contributed by atoms with Crippen molar-refractivity contribution in [1.29, 1.82) is 0 Å². The van der Waals surface area contributed by atoms with Crippen LogP contribution in [-0.2, 0) is 0 Å². The molecule has 14 heavy (non-hydrogen) atoms. The number of fused-ring (bicyclic) bond motifs is 1. The fourth-order valence-corrected chi connectivity index (χ4v) is 2.52. The van der Waals surface area contributed by atoms with E-state index in [1.165, 1.54) is 11.4 Å². The predicted molar refractivity (Wildman–Crippen MR) is 58.9 cm³/mol. The Labute approximate surface area is 86.5 Å². The van der Waals surface area contributed by atoms with Crippen LogP contribution in [0.1, 0.15) is 20.8 Å². The summed E-state index contributed by atoms with van der Waals surface area (Å²) >= 11 is 0. The van der Waals surface area contributed by atoms with Gasteiger partial charge in [0, 0.05) is 37.6 Å². The van der Waals surface area contributed by atoms with Crippen LogP contribution in [0.3, 0.4) is 0 Å². The second-order valence-electron chi connectivity index (χ2n) is 4.59. The van der Waals surface area contributed by atoms with Crippen LogP contribution in [0, 0.1) is 5.92 Å². The van der Waals surface area contributed by atoms with E-state index in [0.717, 1.165) is 26.2 Å². The van der Waals surface area contributed by atoms with E-state index in [2.05, 4.69) is 36.3 Å². The minimum absolute atomic E-state index is 0.617. The number of hydrogen-bond acceptors (Lipinski definition) is 3. The molecular formula is C11H21N3. The Morgan fingerprint density at radius 1 is 1.36 bits per heavy atom. The molecule has 0 aliphatic carbocycles. The fraction of sp³-hybridized carbons (Fsp3) is 0.818. The second kappa shape index (κ2) is 3.81.